The number of rotatable bonds is 7. The van der Waals surface area contributed by atoms with Gasteiger partial charge in [0.15, 0.2) is 5.54 Å². The van der Waals surface area contributed by atoms with E-state index in [-0.39, 0.29) is 13.0 Å². The third-order valence-electron chi connectivity index (χ3n) is 6.75. The largest absolute Gasteiger partial charge is 0.326 e. The average molecular weight is 520 g/mol. The van der Waals surface area contributed by atoms with Crippen molar-refractivity contribution in [3.63, 3.8) is 0 Å². The quantitative estimate of drug-likeness (QED) is 0.309. The molecule has 1 aliphatic rings. The fourth-order valence-electron chi connectivity index (χ4n) is 4.76. The van der Waals surface area contributed by atoms with Crippen molar-refractivity contribution in [1.82, 2.24) is 10.3 Å². The summed E-state index contributed by atoms with van der Waals surface area (Å²) < 4.78 is 0. The van der Waals surface area contributed by atoms with E-state index in [0.717, 1.165) is 16.7 Å². The average Bonchev–Trinajstić information content (AvgIpc) is 3.14. The Morgan fingerprint density at radius 2 is 1.38 bits per heavy atom. The number of carbonyl (C=O) groups is 3. The summed E-state index contributed by atoms with van der Waals surface area (Å²) in [5, 5.41) is 8.57. The Morgan fingerprint density at radius 1 is 0.795 bits per heavy atom. The van der Waals surface area contributed by atoms with E-state index < -0.39 is 23.4 Å². The normalized spacial score (nSPS) is 15.9. The SMILES string of the molecule is Cc1ccc(NC(=O)C[C@@]2(NC(=O)Nc3ccc(C)cc3)C(=O)N(Cc3ccncc3)c3ccccc32)cc1. The Kier molecular flexibility index (Phi) is 7.10. The number of aromatic nitrogens is 1. The molecular formula is C31H29N5O3. The van der Waals surface area contributed by atoms with Crippen molar-refractivity contribution in [3.8, 4) is 0 Å². The second-order valence-electron chi connectivity index (χ2n) is 9.71. The highest BCUT2D eigenvalue weighted by molar-refractivity contribution is 6.12. The van der Waals surface area contributed by atoms with Crippen LogP contribution in [0.1, 0.15) is 28.7 Å². The van der Waals surface area contributed by atoms with Crippen LogP contribution in [0.5, 0.6) is 0 Å². The Hall–Kier alpha value is -4.98. The number of para-hydroxylation sites is 1. The maximum absolute atomic E-state index is 14.2. The van der Waals surface area contributed by atoms with Gasteiger partial charge in [-0.3, -0.25) is 14.6 Å². The van der Waals surface area contributed by atoms with Crippen LogP contribution in [0.3, 0.4) is 0 Å². The summed E-state index contributed by atoms with van der Waals surface area (Å²) in [5.41, 5.74) is 3.74. The molecule has 4 amide bonds. The molecule has 39 heavy (non-hydrogen) atoms. The van der Waals surface area contributed by atoms with Crippen LogP contribution in [0.4, 0.5) is 21.9 Å². The molecule has 1 aliphatic heterocycles. The van der Waals surface area contributed by atoms with Crippen molar-refractivity contribution in [3.05, 3.63) is 120 Å². The van der Waals surface area contributed by atoms with Gasteiger partial charge >= 0.3 is 6.03 Å². The highest BCUT2D eigenvalue weighted by atomic mass is 16.2. The fourth-order valence-corrected chi connectivity index (χ4v) is 4.76. The topological polar surface area (TPSA) is 103 Å². The van der Waals surface area contributed by atoms with Crippen molar-refractivity contribution in [2.45, 2.75) is 32.4 Å². The summed E-state index contributed by atoms with van der Waals surface area (Å²) in [6, 6.07) is 25.0. The van der Waals surface area contributed by atoms with Gasteiger partial charge in [-0.25, -0.2) is 4.79 Å². The van der Waals surface area contributed by atoms with Crippen molar-refractivity contribution in [2.24, 2.45) is 0 Å². The fraction of sp³-hybridized carbons (Fsp3) is 0.161. The van der Waals surface area contributed by atoms with Gasteiger partial charge in [0.25, 0.3) is 5.91 Å². The molecule has 0 radical (unpaired) electrons. The summed E-state index contributed by atoms with van der Waals surface area (Å²) in [7, 11) is 0. The molecule has 0 saturated heterocycles. The third-order valence-corrected chi connectivity index (χ3v) is 6.75. The van der Waals surface area contributed by atoms with Crippen LogP contribution in [-0.2, 0) is 21.7 Å². The van der Waals surface area contributed by atoms with E-state index in [0.29, 0.717) is 22.6 Å². The molecule has 0 saturated carbocycles. The molecule has 0 aliphatic carbocycles. The lowest BCUT2D eigenvalue weighted by atomic mass is 9.87. The Balaban J connectivity index is 1.49. The molecule has 0 bridgehead atoms. The predicted octanol–water partition coefficient (Wildman–Crippen LogP) is 5.29. The number of hydrogen-bond donors (Lipinski definition) is 3. The lowest BCUT2D eigenvalue weighted by Crippen LogP contribution is -2.55. The minimum absolute atomic E-state index is 0.265. The van der Waals surface area contributed by atoms with Gasteiger partial charge in [0.05, 0.1) is 18.7 Å². The molecule has 0 fully saturated rings. The van der Waals surface area contributed by atoms with Gasteiger partial charge in [0, 0.05) is 29.3 Å². The minimum atomic E-state index is -1.62. The first-order valence-corrected chi connectivity index (χ1v) is 12.7. The number of nitrogens with one attached hydrogen (secondary N) is 3. The molecule has 1 atom stereocenters. The molecule has 2 heterocycles. The molecule has 8 heteroatoms. The van der Waals surface area contributed by atoms with E-state index >= 15 is 0 Å². The Labute approximate surface area is 227 Å². The van der Waals surface area contributed by atoms with Crippen LogP contribution in [0, 0.1) is 13.8 Å². The lowest BCUT2D eigenvalue weighted by Gasteiger charge is -2.30. The highest BCUT2D eigenvalue weighted by Crippen LogP contribution is 2.43. The molecular weight excluding hydrogens is 490 g/mol. The van der Waals surface area contributed by atoms with Gasteiger partial charge in [-0.1, -0.05) is 53.6 Å². The number of anilines is 3. The number of amides is 4. The van der Waals surface area contributed by atoms with Gasteiger partial charge in [0.2, 0.25) is 5.91 Å². The van der Waals surface area contributed by atoms with Crippen LogP contribution >= 0.6 is 0 Å². The van der Waals surface area contributed by atoms with E-state index in [1.54, 1.807) is 53.7 Å². The second kappa shape index (κ2) is 10.8. The van der Waals surface area contributed by atoms with E-state index in [9.17, 15) is 14.4 Å². The first-order chi connectivity index (χ1) is 18.8. The Morgan fingerprint density at radius 3 is 2.03 bits per heavy atom. The molecule has 0 unspecified atom stereocenters. The number of carbonyl (C=O) groups excluding carboxylic acids is 3. The maximum atomic E-state index is 14.2. The van der Waals surface area contributed by atoms with Crippen LogP contribution in [0.2, 0.25) is 0 Å². The number of urea groups is 1. The van der Waals surface area contributed by atoms with Gasteiger partial charge in [0.1, 0.15) is 0 Å². The van der Waals surface area contributed by atoms with Crippen LogP contribution < -0.4 is 20.9 Å². The van der Waals surface area contributed by atoms with Gasteiger partial charge in [-0.2, -0.15) is 0 Å². The van der Waals surface area contributed by atoms with Gasteiger partial charge in [-0.05, 0) is 61.9 Å². The standard InChI is InChI=1S/C31H29N5O3/c1-21-7-11-24(12-8-21)33-28(37)19-31(35-30(39)34-25-13-9-22(2)10-14-25)26-5-3-4-6-27(26)36(29(31)38)20-23-15-17-32-18-16-23/h3-18H,19-20H2,1-2H3,(H,33,37)(H2,34,35,39)/t31-/m0/s1. The summed E-state index contributed by atoms with van der Waals surface area (Å²) in [4.78, 5) is 46.6. The first kappa shape index (κ1) is 25.7. The zero-order chi connectivity index (χ0) is 27.4. The van der Waals surface area contributed by atoms with Crippen molar-refractivity contribution in [2.75, 3.05) is 15.5 Å². The zero-order valence-corrected chi connectivity index (χ0v) is 21.8. The number of aryl methyl sites for hydroxylation is 2. The predicted molar refractivity (Wildman–Crippen MR) is 151 cm³/mol. The van der Waals surface area contributed by atoms with E-state index in [2.05, 4.69) is 20.9 Å². The molecule has 4 aromatic rings. The minimum Gasteiger partial charge on any atom is -0.326 e. The van der Waals surface area contributed by atoms with E-state index in [1.807, 2.05) is 62.4 Å². The maximum Gasteiger partial charge on any atom is 0.320 e. The van der Waals surface area contributed by atoms with Gasteiger partial charge in [-0.15, -0.1) is 0 Å². The Bertz CT molecular complexity index is 1440. The van der Waals surface area contributed by atoms with Crippen molar-refractivity contribution in [1.29, 1.82) is 0 Å². The molecule has 1 aromatic heterocycles. The van der Waals surface area contributed by atoms with E-state index in [1.165, 1.54) is 0 Å². The molecule has 196 valence electrons. The number of fused-ring (bicyclic) bond motifs is 1. The van der Waals surface area contributed by atoms with Crippen LogP contribution in [0.25, 0.3) is 0 Å². The van der Waals surface area contributed by atoms with Crippen LogP contribution in [0.15, 0.2) is 97.3 Å². The zero-order valence-electron chi connectivity index (χ0n) is 21.8. The van der Waals surface area contributed by atoms with Crippen molar-refractivity contribution >= 4 is 34.9 Å². The summed E-state index contributed by atoms with van der Waals surface area (Å²) in [6.45, 7) is 4.18. The number of hydrogen-bond acceptors (Lipinski definition) is 4. The number of nitrogens with zero attached hydrogens (tertiary/aromatic N) is 2. The third kappa shape index (κ3) is 5.50. The van der Waals surface area contributed by atoms with Crippen LogP contribution in [-0.4, -0.2) is 22.8 Å². The monoisotopic (exact) mass is 519 g/mol. The molecule has 3 aromatic carbocycles. The number of pyridine rings is 1. The summed E-state index contributed by atoms with van der Waals surface area (Å²) in [5.74, 6) is -0.790. The molecule has 0 spiro atoms. The molecule has 8 nitrogen and oxygen atoms in total. The highest BCUT2D eigenvalue weighted by Gasteiger charge is 2.53. The summed E-state index contributed by atoms with van der Waals surface area (Å²) >= 11 is 0. The van der Waals surface area contributed by atoms with E-state index in [4.69, 9.17) is 0 Å². The first-order valence-electron chi connectivity index (χ1n) is 12.7. The van der Waals surface area contributed by atoms with Gasteiger partial charge < -0.3 is 20.9 Å². The number of benzene rings is 3. The lowest BCUT2D eigenvalue weighted by molar-refractivity contribution is -0.128. The molecule has 5 rings (SSSR count). The molecule has 3 N–H and O–H groups in total. The summed E-state index contributed by atoms with van der Waals surface area (Å²) in [6.07, 6.45) is 3.04. The second-order valence-corrected chi connectivity index (χ2v) is 9.71. The van der Waals surface area contributed by atoms with Crippen molar-refractivity contribution < 1.29 is 14.4 Å². The smallest absolute Gasteiger partial charge is 0.320 e.